The van der Waals surface area contributed by atoms with Gasteiger partial charge in [0, 0.05) is 30.5 Å². The van der Waals surface area contributed by atoms with Gasteiger partial charge in [-0.3, -0.25) is 4.79 Å². The van der Waals surface area contributed by atoms with E-state index >= 15 is 0 Å². The Morgan fingerprint density at radius 1 is 1.10 bits per heavy atom. The zero-order chi connectivity index (χ0) is 21.7. The third-order valence-corrected chi connectivity index (χ3v) is 7.42. The van der Waals surface area contributed by atoms with Crippen molar-refractivity contribution >= 4 is 27.6 Å². The second-order valence-corrected chi connectivity index (χ2v) is 9.72. The van der Waals surface area contributed by atoms with Crippen molar-refractivity contribution in [3.05, 3.63) is 71.3 Å². The Morgan fingerprint density at radius 3 is 2.47 bits per heavy atom. The lowest BCUT2D eigenvalue weighted by Crippen LogP contribution is -2.29. The van der Waals surface area contributed by atoms with E-state index in [0.717, 1.165) is 5.56 Å². The summed E-state index contributed by atoms with van der Waals surface area (Å²) in [6.45, 7) is 0.573. The van der Waals surface area contributed by atoms with Crippen molar-refractivity contribution in [3.8, 4) is 5.75 Å². The highest BCUT2D eigenvalue weighted by atomic mass is 35.5. The molecule has 1 saturated heterocycles. The van der Waals surface area contributed by atoms with Crippen molar-refractivity contribution in [2.45, 2.75) is 30.1 Å². The zero-order valence-electron chi connectivity index (χ0n) is 16.3. The molecule has 0 bridgehead atoms. The fourth-order valence-electron chi connectivity index (χ4n) is 3.77. The summed E-state index contributed by atoms with van der Waals surface area (Å²) < 4.78 is 27.7. The van der Waals surface area contributed by atoms with Crippen LogP contribution in [0, 0.1) is 5.92 Å². The van der Waals surface area contributed by atoms with E-state index in [4.69, 9.17) is 16.7 Å². The van der Waals surface area contributed by atoms with E-state index < -0.39 is 16.0 Å². The molecule has 1 heterocycles. The number of carbonyl (C=O) groups is 1. The summed E-state index contributed by atoms with van der Waals surface area (Å²) in [7, 11) is -3.70. The van der Waals surface area contributed by atoms with Crippen molar-refractivity contribution in [2.24, 2.45) is 5.92 Å². The summed E-state index contributed by atoms with van der Waals surface area (Å²) >= 11 is 5.89. The molecule has 2 unspecified atom stereocenters. The van der Waals surface area contributed by atoms with Crippen LogP contribution in [-0.2, 0) is 14.8 Å². The summed E-state index contributed by atoms with van der Waals surface area (Å²) in [5.74, 6) is -0.917. The van der Waals surface area contributed by atoms with E-state index in [1.165, 1.54) is 16.4 Å². The number of phenols is 1. The number of para-hydroxylation sites is 1. The molecule has 1 aliphatic rings. The molecule has 1 aliphatic heterocycles. The molecule has 2 N–H and O–H groups in total. The minimum atomic E-state index is -3.70. The predicted octanol–water partition coefficient (Wildman–Crippen LogP) is 4.26. The average Bonchev–Trinajstić information content (AvgIpc) is 3.13. The van der Waals surface area contributed by atoms with E-state index in [2.05, 4.69) is 0 Å². The Morgan fingerprint density at radius 2 is 1.80 bits per heavy atom. The average molecular weight is 450 g/mol. The van der Waals surface area contributed by atoms with Crippen molar-refractivity contribution in [2.75, 3.05) is 13.1 Å². The molecule has 6 nitrogen and oxygen atoms in total. The summed E-state index contributed by atoms with van der Waals surface area (Å²) in [6.07, 6.45) is 4.79. The molecule has 0 amide bonds. The van der Waals surface area contributed by atoms with Crippen LogP contribution < -0.4 is 0 Å². The quantitative estimate of drug-likeness (QED) is 0.587. The maximum atomic E-state index is 13.1. The first-order valence-electron chi connectivity index (χ1n) is 9.69. The Kier molecular flexibility index (Phi) is 7.18. The lowest BCUT2D eigenvalue weighted by molar-refractivity contribution is -0.136. The second-order valence-electron chi connectivity index (χ2n) is 7.34. The third kappa shape index (κ3) is 5.22. The lowest BCUT2D eigenvalue weighted by Gasteiger charge is -2.18. The van der Waals surface area contributed by atoms with Gasteiger partial charge in [0.05, 0.1) is 4.90 Å². The molecule has 3 rings (SSSR count). The van der Waals surface area contributed by atoms with E-state index in [-0.39, 0.29) is 35.4 Å². The summed E-state index contributed by atoms with van der Waals surface area (Å²) in [4.78, 5) is 10.8. The van der Waals surface area contributed by atoms with Crippen LogP contribution in [-0.4, -0.2) is 42.0 Å². The molecule has 0 aromatic heterocycles. The number of aliphatic carboxylic acids is 1. The maximum Gasteiger partial charge on any atom is 0.303 e. The fourth-order valence-corrected chi connectivity index (χ4v) is 5.42. The number of halogens is 1. The van der Waals surface area contributed by atoms with Crippen molar-refractivity contribution in [1.82, 2.24) is 4.31 Å². The zero-order valence-corrected chi connectivity index (χ0v) is 17.9. The monoisotopic (exact) mass is 449 g/mol. The van der Waals surface area contributed by atoms with Gasteiger partial charge in [-0.1, -0.05) is 42.0 Å². The van der Waals surface area contributed by atoms with E-state index in [0.29, 0.717) is 24.4 Å². The molecule has 0 spiro atoms. The molecule has 0 saturated carbocycles. The van der Waals surface area contributed by atoms with Gasteiger partial charge in [-0.05, 0) is 54.7 Å². The Bertz CT molecular complexity index is 1020. The number of sulfonamides is 1. The van der Waals surface area contributed by atoms with Gasteiger partial charge in [-0.15, -0.1) is 0 Å². The van der Waals surface area contributed by atoms with E-state index in [1.807, 2.05) is 24.3 Å². The van der Waals surface area contributed by atoms with Crippen LogP contribution in [0.3, 0.4) is 0 Å². The largest absolute Gasteiger partial charge is 0.508 e. The highest BCUT2D eigenvalue weighted by molar-refractivity contribution is 7.89. The SMILES string of the molecule is O=C(O)CC/C=C\CC1CN(S(=O)(=O)c2ccc(Cl)cc2)CC1c1ccccc1O. The molecule has 30 heavy (non-hydrogen) atoms. The molecule has 160 valence electrons. The van der Waals surface area contributed by atoms with Crippen LogP contribution in [0.1, 0.15) is 30.7 Å². The standard InChI is InChI=1S/C22H24ClNO5S/c23-17-10-12-18(13-11-17)30(28,29)24-14-16(6-2-1-3-9-22(26)27)20(15-24)19-7-4-5-8-21(19)25/h1-2,4-5,7-8,10-13,16,20,25H,3,6,9,14-15H2,(H,26,27)/b2-1-. The first kappa shape index (κ1) is 22.3. The van der Waals surface area contributed by atoms with E-state index in [9.17, 15) is 18.3 Å². The minimum Gasteiger partial charge on any atom is -0.508 e. The molecule has 0 aliphatic carbocycles. The van der Waals surface area contributed by atoms with Gasteiger partial charge in [-0.2, -0.15) is 4.31 Å². The number of hydrogen-bond donors (Lipinski definition) is 2. The van der Waals surface area contributed by atoms with Crippen LogP contribution in [0.25, 0.3) is 0 Å². The molecule has 0 radical (unpaired) electrons. The highest BCUT2D eigenvalue weighted by Gasteiger charge is 2.40. The van der Waals surface area contributed by atoms with Crippen LogP contribution in [0.15, 0.2) is 65.6 Å². The highest BCUT2D eigenvalue weighted by Crippen LogP contribution is 2.40. The number of carboxylic acids is 1. The molecule has 2 aromatic rings. The molecule has 8 heteroatoms. The number of carboxylic acid groups (broad SMARTS) is 1. The Labute approximate surface area is 181 Å². The van der Waals surface area contributed by atoms with Crippen LogP contribution in [0.5, 0.6) is 5.75 Å². The minimum absolute atomic E-state index is 0.0403. The lowest BCUT2D eigenvalue weighted by atomic mass is 9.86. The normalized spacial score (nSPS) is 20.0. The number of nitrogens with zero attached hydrogens (tertiary/aromatic N) is 1. The number of benzene rings is 2. The summed E-state index contributed by atoms with van der Waals surface area (Å²) in [5.41, 5.74) is 0.718. The maximum absolute atomic E-state index is 13.1. The number of rotatable bonds is 8. The topological polar surface area (TPSA) is 94.9 Å². The van der Waals surface area contributed by atoms with Gasteiger partial charge in [0.1, 0.15) is 5.75 Å². The molecule has 2 atom stereocenters. The number of hydrogen-bond acceptors (Lipinski definition) is 4. The van der Waals surface area contributed by atoms with Crippen LogP contribution in [0.2, 0.25) is 5.02 Å². The predicted molar refractivity (Wildman–Crippen MR) is 115 cm³/mol. The summed E-state index contributed by atoms with van der Waals surface area (Å²) in [6, 6.07) is 13.1. The van der Waals surface area contributed by atoms with Gasteiger partial charge >= 0.3 is 5.97 Å². The molecule has 1 fully saturated rings. The van der Waals surface area contributed by atoms with Crippen LogP contribution in [0.4, 0.5) is 0 Å². The van der Waals surface area contributed by atoms with Gasteiger partial charge in [0.25, 0.3) is 0 Å². The molecular weight excluding hydrogens is 426 g/mol. The number of phenolic OH excluding ortho intramolecular Hbond substituents is 1. The van der Waals surface area contributed by atoms with Gasteiger partial charge in [0.2, 0.25) is 10.0 Å². The first-order valence-corrected chi connectivity index (χ1v) is 11.5. The summed E-state index contributed by atoms with van der Waals surface area (Å²) in [5, 5.41) is 19.5. The Hall–Kier alpha value is -2.35. The Balaban J connectivity index is 1.83. The van der Waals surface area contributed by atoms with Crippen molar-refractivity contribution < 1.29 is 23.4 Å². The van der Waals surface area contributed by atoms with Crippen molar-refractivity contribution in [3.63, 3.8) is 0 Å². The van der Waals surface area contributed by atoms with Gasteiger partial charge < -0.3 is 10.2 Å². The second kappa shape index (κ2) is 9.64. The number of allylic oxidation sites excluding steroid dienone is 2. The first-order chi connectivity index (χ1) is 14.3. The third-order valence-electron chi connectivity index (χ3n) is 5.33. The molecular formula is C22H24ClNO5S. The van der Waals surface area contributed by atoms with Gasteiger partial charge in [0.15, 0.2) is 0 Å². The number of aromatic hydroxyl groups is 1. The van der Waals surface area contributed by atoms with Crippen molar-refractivity contribution in [1.29, 1.82) is 0 Å². The van der Waals surface area contributed by atoms with Crippen LogP contribution >= 0.6 is 11.6 Å². The molecule has 2 aromatic carbocycles. The fraction of sp³-hybridized carbons (Fsp3) is 0.318. The van der Waals surface area contributed by atoms with Gasteiger partial charge in [-0.25, -0.2) is 8.42 Å². The van der Waals surface area contributed by atoms with E-state index in [1.54, 1.807) is 24.3 Å². The smallest absolute Gasteiger partial charge is 0.303 e.